The van der Waals surface area contributed by atoms with Crippen molar-refractivity contribution >= 4 is 23.1 Å². The molecule has 0 saturated heterocycles. The second-order valence-electron chi connectivity index (χ2n) is 4.42. The van der Waals surface area contributed by atoms with Crippen LogP contribution in [0.2, 0.25) is 0 Å². The van der Waals surface area contributed by atoms with Gasteiger partial charge in [-0.1, -0.05) is 30.3 Å². The Morgan fingerprint density at radius 2 is 2.00 bits per heavy atom. The molecule has 0 N–H and O–H groups in total. The summed E-state index contributed by atoms with van der Waals surface area (Å²) in [5, 5.41) is -0.820. The highest BCUT2D eigenvalue weighted by Gasteiger charge is 2.15. The Bertz CT molecular complexity index is 683. The lowest BCUT2D eigenvalue weighted by Crippen LogP contribution is -2.09. The smallest absolute Gasteiger partial charge is 0.330 e. The maximum atomic E-state index is 11.5. The standard InChI is InChI=1S/C16H15NO4S/c1-21-15(18)10-7-12-5-8-13(9-6-12)16(22(19)20)14-4-2-3-11-17-14/h2-11,16H,1H3,(H,19,20)/p-1. The van der Waals surface area contributed by atoms with Crippen molar-refractivity contribution in [3.05, 3.63) is 71.6 Å². The van der Waals surface area contributed by atoms with Gasteiger partial charge >= 0.3 is 5.97 Å². The Balaban J connectivity index is 2.26. The number of methoxy groups -OCH3 is 1. The van der Waals surface area contributed by atoms with E-state index in [0.29, 0.717) is 11.3 Å². The van der Waals surface area contributed by atoms with E-state index in [2.05, 4.69) is 9.72 Å². The Hall–Kier alpha value is -2.31. The lowest BCUT2D eigenvalue weighted by atomic mass is 10.1. The molecule has 5 nitrogen and oxygen atoms in total. The zero-order chi connectivity index (χ0) is 15.9. The third-order valence-corrected chi connectivity index (χ3v) is 3.90. The third-order valence-electron chi connectivity index (χ3n) is 3.00. The van der Waals surface area contributed by atoms with Crippen LogP contribution < -0.4 is 0 Å². The fourth-order valence-corrected chi connectivity index (χ4v) is 2.64. The molecule has 0 saturated carbocycles. The van der Waals surface area contributed by atoms with Crippen molar-refractivity contribution in [1.29, 1.82) is 0 Å². The molecule has 0 aliphatic rings. The summed E-state index contributed by atoms with van der Waals surface area (Å²) < 4.78 is 27.6. The number of aromatic nitrogens is 1. The Kier molecular flexibility index (Phi) is 5.57. The van der Waals surface area contributed by atoms with Gasteiger partial charge in [-0.25, -0.2) is 4.79 Å². The summed E-state index contributed by atoms with van der Waals surface area (Å²) in [4.78, 5) is 15.1. The summed E-state index contributed by atoms with van der Waals surface area (Å²) >= 11 is -2.33. The van der Waals surface area contributed by atoms with Gasteiger partial charge in [0, 0.05) is 12.3 Å². The maximum Gasteiger partial charge on any atom is 0.330 e. The van der Waals surface area contributed by atoms with Crippen molar-refractivity contribution in [2.75, 3.05) is 7.11 Å². The normalized spacial score (nSPS) is 13.7. The number of rotatable bonds is 5. The van der Waals surface area contributed by atoms with E-state index in [-0.39, 0.29) is 0 Å². The summed E-state index contributed by atoms with van der Waals surface area (Å²) in [5.41, 5.74) is 1.85. The van der Waals surface area contributed by atoms with E-state index < -0.39 is 22.3 Å². The van der Waals surface area contributed by atoms with Crippen LogP contribution in [0.4, 0.5) is 0 Å². The molecule has 2 unspecified atom stereocenters. The van der Waals surface area contributed by atoms with Crippen LogP contribution in [0.25, 0.3) is 6.08 Å². The minimum absolute atomic E-state index is 0.448. The highest BCUT2D eigenvalue weighted by atomic mass is 32.2. The first-order valence-electron chi connectivity index (χ1n) is 6.47. The number of benzene rings is 1. The molecule has 114 valence electrons. The van der Waals surface area contributed by atoms with E-state index in [1.165, 1.54) is 13.2 Å². The number of hydrogen-bond donors (Lipinski definition) is 0. The zero-order valence-electron chi connectivity index (χ0n) is 11.8. The molecule has 6 heteroatoms. The topological polar surface area (TPSA) is 79.3 Å². The Labute approximate surface area is 130 Å². The number of carbonyl (C=O) groups is 1. The van der Waals surface area contributed by atoms with Crippen molar-refractivity contribution in [1.82, 2.24) is 4.98 Å². The summed E-state index contributed by atoms with van der Waals surface area (Å²) in [6.45, 7) is 0. The van der Waals surface area contributed by atoms with Gasteiger partial charge < -0.3 is 9.29 Å². The SMILES string of the molecule is COC(=O)C=Cc1ccc(C(c2ccccn2)S(=O)[O-])cc1. The van der Waals surface area contributed by atoms with Gasteiger partial charge in [-0.15, -0.1) is 0 Å². The fourth-order valence-electron chi connectivity index (χ4n) is 1.93. The summed E-state index contributed by atoms with van der Waals surface area (Å²) in [6.07, 6.45) is 4.46. The molecule has 22 heavy (non-hydrogen) atoms. The molecule has 0 aliphatic carbocycles. The van der Waals surface area contributed by atoms with E-state index >= 15 is 0 Å². The number of ether oxygens (including phenoxy) is 1. The van der Waals surface area contributed by atoms with Crippen LogP contribution >= 0.6 is 0 Å². The molecule has 0 amide bonds. The second-order valence-corrected chi connectivity index (χ2v) is 5.41. The van der Waals surface area contributed by atoms with Gasteiger partial charge in [0.05, 0.1) is 18.1 Å². The summed E-state index contributed by atoms with van der Waals surface area (Å²) in [6, 6.07) is 12.0. The van der Waals surface area contributed by atoms with Crippen molar-refractivity contribution in [2.24, 2.45) is 0 Å². The Morgan fingerprint density at radius 3 is 2.55 bits per heavy atom. The first-order chi connectivity index (χ1) is 10.6. The summed E-state index contributed by atoms with van der Waals surface area (Å²) in [7, 11) is 1.30. The van der Waals surface area contributed by atoms with Gasteiger partial charge in [-0.2, -0.15) is 0 Å². The molecule has 0 aliphatic heterocycles. The first-order valence-corrected chi connectivity index (χ1v) is 7.60. The fraction of sp³-hybridized carbons (Fsp3) is 0.125. The molecular formula is C16H14NO4S-. The highest BCUT2D eigenvalue weighted by Crippen LogP contribution is 2.26. The minimum Gasteiger partial charge on any atom is -0.772 e. The molecular weight excluding hydrogens is 302 g/mol. The van der Waals surface area contributed by atoms with Crippen LogP contribution in [-0.2, 0) is 20.6 Å². The van der Waals surface area contributed by atoms with Crippen LogP contribution in [0.3, 0.4) is 0 Å². The van der Waals surface area contributed by atoms with Crippen molar-refractivity contribution in [3.8, 4) is 0 Å². The van der Waals surface area contributed by atoms with Crippen molar-refractivity contribution in [2.45, 2.75) is 5.25 Å². The quantitative estimate of drug-likeness (QED) is 0.480. The molecule has 1 aromatic carbocycles. The predicted molar refractivity (Wildman–Crippen MR) is 82.5 cm³/mol. The lowest BCUT2D eigenvalue weighted by molar-refractivity contribution is -0.134. The number of esters is 1. The van der Waals surface area contributed by atoms with Crippen molar-refractivity contribution < 1.29 is 18.3 Å². The van der Waals surface area contributed by atoms with Crippen LogP contribution in [-0.4, -0.2) is 26.8 Å². The van der Waals surface area contributed by atoms with E-state index in [4.69, 9.17) is 0 Å². The average molecular weight is 316 g/mol. The molecule has 2 rings (SSSR count). The van der Waals surface area contributed by atoms with Gasteiger partial charge in [0.2, 0.25) is 0 Å². The molecule has 0 bridgehead atoms. The van der Waals surface area contributed by atoms with E-state index in [0.717, 1.165) is 5.56 Å². The van der Waals surface area contributed by atoms with E-state index in [9.17, 15) is 13.6 Å². The van der Waals surface area contributed by atoms with Crippen LogP contribution in [0.15, 0.2) is 54.7 Å². The molecule has 0 radical (unpaired) electrons. The van der Waals surface area contributed by atoms with Crippen LogP contribution in [0.5, 0.6) is 0 Å². The molecule has 1 aromatic heterocycles. The lowest BCUT2D eigenvalue weighted by Gasteiger charge is -2.19. The van der Waals surface area contributed by atoms with Gasteiger partial charge in [0.15, 0.2) is 0 Å². The van der Waals surface area contributed by atoms with Crippen LogP contribution in [0, 0.1) is 0 Å². The average Bonchev–Trinajstić information content (AvgIpc) is 2.54. The first kappa shape index (κ1) is 16.1. The number of pyridine rings is 1. The van der Waals surface area contributed by atoms with Crippen molar-refractivity contribution in [3.63, 3.8) is 0 Å². The van der Waals surface area contributed by atoms with E-state index in [1.54, 1.807) is 54.7 Å². The van der Waals surface area contributed by atoms with Gasteiger partial charge in [0.25, 0.3) is 0 Å². The number of carbonyl (C=O) groups excluding carboxylic acids is 1. The number of hydrogen-bond acceptors (Lipinski definition) is 5. The monoisotopic (exact) mass is 316 g/mol. The van der Waals surface area contributed by atoms with Gasteiger partial charge in [0.1, 0.15) is 0 Å². The van der Waals surface area contributed by atoms with Gasteiger partial charge in [-0.05, 0) is 40.4 Å². The highest BCUT2D eigenvalue weighted by molar-refractivity contribution is 7.79. The number of nitrogens with zero attached hydrogens (tertiary/aromatic N) is 1. The molecule has 1 heterocycles. The van der Waals surface area contributed by atoms with E-state index in [1.807, 2.05) is 0 Å². The molecule has 2 aromatic rings. The zero-order valence-corrected chi connectivity index (χ0v) is 12.7. The maximum absolute atomic E-state index is 11.5. The third kappa shape index (κ3) is 4.09. The minimum atomic E-state index is -2.33. The van der Waals surface area contributed by atoms with Gasteiger partial charge in [-0.3, -0.25) is 9.19 Å². The molecule has 0 fully saturated rings. The second kappa shape index (κ2) is 7.63. The molecule has 0 spiro atoms. The predicted octanol–water partition coefficient (Wildman–Crippen LogP) is 2.24. The Morgan fingerprint density at radius 1 is 1.27 bits per heavy atom. The molecule has 2 atom stereocenters. The summed E-state index contributed by atoms with van der Waals surface area (Å²) in [5.74, 6) is -0.448. The van der Waals surface area contributed by atoms with Crippen LogP contribution in [0.1, 0.15) is 22.1 Å². The largest absolute Gasteiger partial charge is 0.772 e.